The number of aliphatic hydroxyl groups excluding tert-OH is 1. The van der Waals surface area contributed by atoms with Crippen LogP contribution >= 0.6 is 11.6 Å². The van der Waals surface area contributed by atoms with Crippen molar-refractivity contribution in [3.05, 3.63) is 69.7 Å². The minimum absolute atomic E-state index is 0.387. The highest BCUT2D eigenvalue weighted by Crippen LogP contribution is 2.41. The molecule has 3 nitrogen and oxygen atoms in total. The summed E-state index contributed by atoms with van der Waals surface area (Å²) in [5.41, 5.74) is 2.95. The summed E-state index contributed by atoms with van der Waals surface area (Å²) >= 11 is 5.99. The highest BCUT2D eigenvalue weighted by molar-refractivity contribution is 6.30. The Labute approximate surface area is 134 Å². The van der Waals surface area contributed by atoms with Crippen molar-refractivity contribution in [2.75, 3.05) is 7.11 Å². The summed E-state index contributed by atoms with van der Waals surface area (Å²) in [6.45, 7) is 0. The summed E-state index contributed by atoms with van der Waals surface area (Å²) < 4.78 is 4.81. The van der Waals surface area contributed by atoms with Crippen molar-refractivity contribution < 1.29 is 14.6 Å². The second kappa shape index (κ2) is 6.11. The number of methoxy groups -OCH3 is 1. The second-order valence-electron chi connectivity index (χ2n) is 5.61. The Morgan fingerprint density at radius 2 is 2.00 bits per heavy atom. The van der Waals surface area contributed by atoms with Gasteiger partial charge in [0.2, 0.25) is 0 Å². The van der Waals surface area contributed by atoms with Crippen molar-refractivity contribution in [1.82, 2.24) is 0 Å². The Kier molecular flexibility index (Phi) is 4.19. The van der Waals surface area contributed by atoms with Crippen LogP contribution in [0.5, 0.6) is 0 Å². The number of aliphatic hydroxyl groups is 1. The first-order valence-corrected chi connectivity index (χ1v) is 7.63. The number of ether oxygens (including phenoxy) is 1. The molecule has 1 aliphatic rings. The molecule has 1 aliphatic carbocycles. The molecule has 0 radical (unpaired) electrons. The summed E-state index contributed by atoms with van der Waals surface area (Å²) in [7, 11) is 1.36. The Morgan fingerprint density at radius 1 is 1.23 bits per heavy atom. The van der Waals surface area contributed by atoms with Gasteiger partial charge in [0.15, 0.2) is 0 Å². The zero-order valence-electron chi connectivity index (χ0n) is 12.3. The van der Waals surface area contributed by atoms with Gasteiger partial charge < -0.3 is 9.84 Å². The third kappa shape index (κ3) is 3.16. The van der Waals surface area contributed by atoms with E-state index in [4.69, 9.17) is 16.3 Å². The normalized spacial score (nSPS) is 15.4. The van der Waals surface area contributed by atoms with Crippen LogP contribution in [0.2, 0.25) is 5.02 Å². The maximum atomic E-state index is 11.8. The minimum atomic E-state index is -0.819. The highest BCUT2D eigenvalue weighted by Gasteiger charge is 2.26. The van der Waals surface area contributed by atoms with Gasteiger partial charge in [-0.2, -0.15) is 0 Å². The van der Waals surface area contributed by atoms with Crippen LogP contribution in [0.15, 0.2) is 42.5 Å². The molecule has 0 aromatic heterocycles. The molecule has 1 fully saturated rings. The number of carbonyl (C=O) groups excluding carboxylic acids is 1. The maximum absolute atomic E-state index is 11.8. The Bertz CT molecular complexity index is 707. The molecule has 0 bridgehead atoms. The van der Waals surface area contributed by atoms with E-state index in [2.05, 4.69) is 0 Å². The summed E-state index contributed by atoms with van der Waals surface area (Å²) in [5.74, 6) is 0.0944. The van der Waals surface area contributed by atoms with E-state index in [1.54, 1.807) is 24.3 Å². The molecule has 4 heteroatoms. The van der Waals surface area contributed by atoms with E-state index < -0.39 is 6.10 Å². The van der Waals surface area contributed by atoms with Crippen molar-refractivity contribution in [2.24, 2.45) is 0 Å². The van der Waals surface area contributed by atoms with Gasteiger partial charge in [0.1, 0.15) is 6.10 Å². The fraction of sp³-hybridized carbons (Fsp3) is 0.278. The summed E-state index contributed by atoms with van der Waals surface area (Å²) in [6, 6.07) is 12.6. The van der Waals surface area contributed by atoms with Crippen LogP contribution in [-0.2, 0) is 4.74 Å². The summed E-state index contributed by atoms with van der Waals surface area (Å²) in [4.78, 5) is 11.8. The van der Waals surface area contributed by atoms with Crippen molar-refractivity contribution in [3.63, 3.8) is 0 Å². The maximum Gasteiger partial charge on any atom is 0.337 e. The molecule has 0 amide bonds. The molecule has 114 valence electrons. The van der Waals surface area contributed by atoms with E-state index in [0.29, 0.717) is 27.6 Å². The molecule has 0 spiro atoms. The SMILES string of the molecule is COC(=O)c1cc(C2CC2)cc(C(O)c2cccc(Cl)c2)c1. The van der Waals surface area contributed by atoms with E-state index in [1.807, 2.05) is 18.2 Å². The predicted molar refractivity (Wildman–Crippen MR) is 85.3 cm³/mol. The molecule has 2 aromatic rings. The number of benzene rings is 2. The Balaban J connectivity index is 2.01. The van der Waals surface area contributed by atoms with E-state index in [-0.39, 0.29) is 5.97 Å². The molecule has 2 aromatic carbocycles. The average Bonchev–Trinajstić information content (AvgIpc) is 3.38. The zero-order chi connectivity index (χ0) is 15.7. The predicted octanol–water partition coefficient (Wildman–Crippen LogP) is 4.09. The van der Waals surface area contributed by atoms with Crippen LogP contribution in [0.3, 0.4) is 0 Å². The van der Waals surface area contributed by atoms with Crippen LogP contribution in [-0.4, -0.2) is 18.2 Å². The summed E-state index contributed by atoms with van der Waals surface area (Å²) in [5, 5.41) is 11.2. The van der Waals surface area contributed by atoms with E-state index in [1.165, 1.54) is 7.11 Å². The second-order valence-corrected chi connectivity index (χ2v) is 6.05. The van der Waals surface area contributed by atoms with Crippen molar-refractivity contribution in [3.8, 4) is 0 Å². The Hall–Kier alpha value is -1.84. The molecule has 0 aliphatic heterocycles. The lowest BCUT2D eigenvalue weighted by Crippen LogP contribution is -2.06. The molecule has 0 heterocycles. The topological polar surface area (TPSA) is 46.5 Å². The molecule has 1 atom stereocenters. The number of rotatable bonds is 4. The van der Waals surface area contributed by atoms with Gasteiger partial charge in [-0.05, 0) is 59.7 Å². The quantitative estimate of drug-likeness (QED) is 0.864. The molecule has 22 heavy (non-hydrogen) atoms. The number of hydrogen-bond acceptors (Lipinski definition) is 3. The number of hydrogen-bond donors (Lipinski definition) is 1. The molecule has 1 N–H and O–H groups in total. The van der Waals surface area contributed by atoms with Crippen molar-refractivity contribution in [2.45, 2.75) is 24.9 Å². The van der Waals surface area contributed by atoms with Crippen LogP contribution < -0.4 is 0 Å². The van der Waals surface area contributed by atoms with Gasteiger partial charge in [-0.15, -0.1) is 0 Å². The Morgan fingerprint density at radius 3 is 2.64 bits per heavy atom. The lowest BCUT2D eigenvalue weighted by molar-refractivity contribution is 0.0600. The van der Waals surface area contributed by atoms with Gasteiger partial charge in [-0.3, -0.25) is 0 Å². The number of carbonyl (C=O) groups is 1. The molecular weight excluding hydrogens is 300 g/mol. The van der Waals surface area contributed by atoms with Gasteiger partial charge in [0.25, 0.3) is 0 Å². The van der Waals surface area contributed by atoms with Crippen molar-refractivity contribution in [1.29, 1.82) is 0 Å². The lowest BCUT2D eigenvalue weighted by Gasteiger charge is -2.15. The van der Waals surface area contributed by atoms with Crippen LogP contribution in [0.1, 0.15) is 51.9 Å². The fourth-order valence-electron chi connectivity index (χ4n) is 2.59. The molecule has 3 rings (SSSR count). The summed E-state index contributed by atoms with van der Waals surface area (Å²) in [6.07, 6.45) is 1.43. The zero-order valence-corrected chi connectivity index (χ0v) is 13.0. The first-order valence-electron chi connectivity index (χ1n) is 7.25. The van der Waals surface area contributed by atoms with Gasteiger partial charge >= 0.3 is 5.97 Å². The monoisotopic (exact) mass is 316 g/mol. The van der Waals surface area contributed by atoms with Crippen LogP contribution in [0.25, 0.3) is 0 Å². The van der Waals surface area contributed by atoms with E-state index >= 15 is 0 Å². The van der Waals surface area contributed by atoms with Gasteiger partial charge in [-0.1, -0.05) is 29.8 Å². The fourth-order valence-corrected chi connectivity index (χ4v) is 2.79. The van der Waals surface area contributed by atoms with E-state index in [9.17, 15) is 9.90 Å². The minimum Gasteiger partial charge on any atom is -0.465 e. The molecule has 1 saturated carbocycles. The number of halogens is 1. The average molecular weight is 317 g/mol. The third-order valence-corrected chi connectivity index (χ3v) is 4.16. The van der Waals surface area contributed by atoms with Gasteiger partial charge in [0, 0.05) is 5.02 Å². The lowest BCUT2D eigenvalue weighted by atomic mass is 9.96. The van der Waals surface area contributed by atoms with Crippen molar-refractivity contribution >= 4 is 17.6 Å². The smallest absolute Gasteiger partial charge is 0.337 e. The molecule has 0 saturated heterocycles. The van der Waals surface area contributed by atoms with Crippen LogP contribution in [0, 0.1) is 0 Å². The number of esters is 1. The van der Waals surface area contributed by atoms with E-state index in [0.717, 1.165) is 18.4 Å². The highest BCUT2D eigenvalue weighted by atomic mass is 35.5. The molecule has 1 unspecified atom stereocenters. The first-order chi connectivity index (χ1) is 10.6. The first kappa shape index (κ1) is 15.1. The van der Waals surface area contributed by atoms with Crippen LogP contribution in [0.4, 0.5) is 0 Å². The van der Waals surface area contributed by atoms with Gasteiger partial charge in [0.05, 0.1) is 12.7 Å². The molecular formula is C18H17ClO3. The largest absolute Gasteiger partial charge is 0.465 e. The third-order valence-electron chi connectivity index (χ3n) is 3.93. The standard InChI is InChI=1S/C18H17ClO3/c1-22-18(21)15-8-13(11-5-6-11)7-14(9-15)17(20)12-3-2-4-16(19)10-12/h2-4,7-11,17,20H,5-6H2,1H3. The van der Waals surface area contributed by atoms with Gasteiger partial charge in [-0.25, -0.2) is 4.79 Å².